The number of amides is 3. The lowest BCUT2D eigenvalue weighted by Crippen LogP contribution is -2.47. The minimum absolute atomic E-state index is 0.0623. The van der Waals surface area contributed by atoms with E-state index in [0.29, 0.717) is 43.2 Å². The van der Waals surface area contributed by atoms with Crippen molar-refractivity contribution in [2.24, 2.45) is 5.92 Å². The normalized spacial score (nSPS) is 16.4. The molecule has 3 heterocycles. The number of hydrogen-bond donors (Lipinski definition) is 1. The first-order valence-corrected chi connectivity index (χ1v) is 10.4. The highest BCUT2D eigenvalue weighted by molar-refractivity contribution is 6.04. The van der Waals surface area contributed by atoms with Gasteiger partial charge < -0.3 is 19.5 Å². The van der Waals surface area contributed by atoms with Gasteiger partial charge in [0.15, 0.2) is 0 Å². The minimum atomic E-state index is -0.291. The van der Waals surface area contributed by atoms with Crippen molar-refractivity contribution in [1.82, 2.24) is 19.6 Å². The molecule has 162 valence electrons. The predicted octanol–water partition coefficient (Wildman–Crippen LogP) is 2.14. The molecular formula is C21H29N5O4. The first kappa shape index (κ1) is 21.6. The number of nitrogens with one attached hydrogen (secondary N) is 1. The number of likely N-dealkylation sites (tertiary alicyclic amines) is 1. The van der Waals surface area contributed by atoms with Gasteiger partial charge in [-0.2, -0.15) is 5.10 Å². The predicted molar refractivity (Wildman–Crippen MR) is 111 cm³/mol. The van der Waals surface area contributed by atoms with Gasteiger partial charge >= 0.3 is 0 Å². The van der Waals surface area contributed by atoms with E-state index in [1.54, 1.807) is 24.1 Å². The molecule has 30 heavy (non-hydrogen) atoms. The molecule has 1 saturated heterocycles. The lowest BCUT2D eigenvalue weighted by Gasteiger charge is -2.34. The molecule has 9 heteroatoms. The average molecular weight is 415 g/mol. The SMILES string of the molecule is CCN(CC)C(=O)[C@@H]1CCCN(C(=O)Cn2cc(NC(=O)c3ccoc3C)cn2)C1. The van der Waals surface area contributed by atoms with E-state index in [1.807, 2.05) is 18.7 Å². The van der Waals surface area contributed by atoms with Crippen molar-refractivity contribution in [2.45, 2.75) is 40.2 Å². The van der Waals surface area contributed by atoms with Crippen LogP contribution in [0.1, 0.15) is 42.8 Å². The molecule has 1 aliphatic rings. The van der Waals surface area contributed by atoms with Crippen LogP contribution in [-0.4, -0.2) is 63.5 Å². The Kier molecular flexibility index (Phi) is 6.91. The second kappa shape index (κ2) is 9.60. The van der Waals surface area contributed by atoms with Crippen molar-refractivity contribution in [2.75, 3.05) is 31.5 Å². The van der Waals surface area contributed by atoms with Gasteiger partial charge in [0.25, 0.3) is 5.91 Å². The van der Waals surface area contributed by atoms with Crippen molar-refractivity contribution in [3.63, 3.8) is 0 Å². The van der Waals surface area contributed by atoms with Crippen LogP contribution in [0.5, 0.6) is 0 Å². The molecule has 2 aromatic heterocycles. The molecule has 1 atom stereocenters. The standard InChI is InChI=1S/C21H29N5O4/c1-4-24(5-2)21(29)16-7-6-9-25(12-16)19(27)14-26-13-17(11-22-26)23-20(28)18-8-10-30-15(18)3/h8,10-11,13,16H,4-7,9,12,14H2,1-3H3,(H,23,28)/t16-/m1/s1. The molecule has 0 saturated carbocycles. The highest BCUT2D eigenvalue weighted by Crippen LogP contribution is 2.20. The molecule has 2 aromatic rings. The fraction of sp³-hybridized carbons (Fsp3) is 0.524. The van der Waals surface area contributed by atoms with Gasteiger partial charge in [0.05, 0.1) is 29.6 Å². The number of carbonyl (C=O) groups is 3. The molecule has 0 aromatic carbocycles. The third-order valence-corrected chi connectivity index (χ3v) is 5.49. The fourth-order valence-corrected chi connectivity index (χ4v) is 3.77. The number of hydrogen-bond acceptors (Lipinski definition) is 5. The van der Waals surface area contributed by atoms with Crippen molar-refractivity contribution in [3.8, 4) is 0 Å². The monoisotopic (exact) mass is 415 g/mol. The minimum Gasteiger partial charge on any atom is -0.469 e. The van der Waals surface area contributed by atoms with Gasteiger partial charge in [0, 0.05) is 32.4 Å². The van der Waals surface area contributed by atoms with Crippen molar-refractivity contribution < 1.29 is 18.8 Å². The van der Waals surface area contributed by atoms with Crippen LogP contribution >= 0.6 is 0 Å². The lowest BCUT2D eigenvalue weighted by atomic mass is 9.96. The van der Waals surface area contributed by atoms with E-state index < -0.39 is 0 Å². The van der Waals surface area contributed by atoms with Gasteiger partial charge in [0.1, 0.15) is 12.3 Å². The molecule has 3 amide bonds. The fourth-order valence-electron chi connectivity index (χ4n) is 3.77. The Labute approximate surface area is 176 Å². The van der Waals surface area contributed by atoms with Crippen molar-refractivity contribution in [3.05, 3.63) is 36.0 Å². The summed E-state index contributed by atoms with van der Waals surface area (Å²) < 4.78 is 6.64. The lowest BCUT2D eigenvalue weighted by molar-refractivity contribution is -0.141. The molecule has 0 aliphatic carbocycles. The number of anilines is 1. The maximum Gasteiger partial charge on any atom is 0.259 e. The number of carbonyl (C=O) groups excluding carboxylic acids is 3. The average Bonchev–Trinajstić information content (AvgIpc) is 3.37. The number of piperidine rings is 1. The van der Waals surface area contributed by atoms with Gasteiger partial charge in [-0.3, -0.25) is 19.1 Å². The van der Waals surface area contributed by atoms with E-state index in [1.165, 1.54) is 17.1 Å². The second-order valence-electron chi connectivity index (χ2n) is 7.46. The van der Waals surface area contributed by atoms with Gasteiger partial charge in [-0.05, 0) is 39.7 Å². The van der Waals surface area contributed by atoms with Crippen LogP contribution in [0, 0.1) is 12.8 Å². The zero-order valence-electron chi connectivity index (χ0n) is 17.8. The Balaban J connectivity index is 1.56. The largest absolute Gasteiger partial charge is 0.469 e. The topological polar surface area (TPSA) is 101 Å². The number of aromatic nitrogens is 2. The Hall–Kier alpha value is -3.10. The van der Waals surface area contributed by atoms with E-state index in [2.05, 4.69) is 10.4 Å². The molecule has 3 rings (SSSR count). The van der Waals surface area contributed by atoms with Crippen LogP contribution in [0.3, 0.4) is 0 Å². The first-order valence-electron chi connectivity index (χ1n) is 10.4. The van der Waals surface area contributed by atoms with Gasteiger partial charge in [-0.15, -0.1) is 0 Å². The molecule has 0 bridgehead atoms. The quantitative estimate of drug-likeness (QED) is 0.747. The van der Waals surface area contributed by atoms with E-state index in [0.717, 1.165) is 12.8 Å². The Morgan fingerprint density at radius 2 is 2.07 bits per heavy atom. The van der Waals surface area contributed by atoms with Crippen LogP contribution < -0.4 is 5.32 Å². The Morgan fingerprint density at radius 3 is 2.73 bits per heavy atom. The van der Waals surface area contributed by atoms with E-state index in [9.17, 15) is 14.4 Å². The van der Waals surface area contributed by atoms with Crippen molar-refractivity contribution >= 4 is 23.4 Å². The van der Waals surface area contributed by atoms with Crippen LogP contribution in [0.4, 0.5) is 5.69 Å². The third kappa shape index (κ3) is 4.90. The third-order valence-electron chi connectivity index (χ3n) is 5.49. The molecule has 1 fully saturated rings. The van der Waals surface area contributed by atoms with Gasteiger partial charge in [0.2, 0.25) is 11.8 Å². The number of aryl methyl sites for hydroxylation is 1. The summed E-state index contributed by atoms with van der Waals surface area (Å²) in [5.74, 6) is 0.137. The molecule has 1 aliphatic heterocycles. The Morgan fingerprint density at radius 1 is 1.30 bits per heavy atom. The highest BCUT2D eigenvalue weighted by atomic mass is 16.3. The summed E-state index contributed by atoms with van der Waals surface area (Å²) >= 11 is 0. The molecule has 9 nitrogen and oxygen atoms in total. The summed E-state index contributed by atoms with van der Waals surface area (Å²) in [5.41, 5.74) is 0.956. The highest BCUT2D eigenvalue weighted by Gasteiger charge is 2.30. The van der Waals surface area contributed by atoms with E-state index >= 15 is 0 Å². The summed E-state index contributed by atoms with van der Waals surface area (Å²) in [5, 5.41) is 6.92. The molecular weight excluding hydrogens is 386 g/mol. The number of nitrogens with zero attached hydrogens (tertiary/aromatic N) is 4. The van der Waals surface area contributed by atoms with Gasteiger partial charge in [-0.1, -0.05) is 0 Å². The molecule has 0 radical (unpaired) electrons. The van der Waals surface area contributed by atoms with E-state index in [-0.39, 0.29) is 30.2 Å². The Bertz CT molecular complexity index is 899. The smallest absolute Gasteiger partial charge is 0.259 e. The molecule has 1 N–H and O–H groups in total. The van der Waals surface area contributed by atoms with Crippen molar-refractivity contribution in [1.29, 1.82) is 0 Å². The summed E-state index contributed by atoms with van der Waals surface area (Å²) in [6.07, 6.45) is 6.21. The van der Waals surface area contributed by atoms with E-state index in [4.69, 9.17) is 4.42 Å². The van der Waals surface area contributed by atoms with Crippen LogP contribution in [0.2, 0.25) is 0 Å². The maximum atomic E-state index is 12.7. The molecule has 0 unspecified atom stereocenters. The van der Waals surface area contributed by atoms with Crippen LogP contribution in [0.25, 0.3) is 0 Å². The zero-order chi connectivity index (χ0) is 21.7. The number of furan rings is 1. The maximum absolute atomic E-state index is 12.7. The summed E-state index contributed by atoms with van der Waals surface area (Å²) in [4.78, 5) is 41.2. The second-order valence-corrected chi connectivity index (χ2v) is 7.46. The van der Waals surface area contributed by atoms with Gasteiger partial charge in [-0.25, -0.2) is 0 Å². The summed E-state index contributed by atoms with van der Waals surface area (Å²) in [6.45, 7) is 8.16. The zero-order valence-corrected chi connectivity index (χ0v) is 17.8. The summed E-state index contributed by atoms with van der Waals surface area (Å²) in [6, 6.07) is 1.60. The van der Waals surface area contributed by atoms with Crippen LogP contribution in [-0.2, 0) is 16.1 Å². The van der Waals surface area contributed by atoms with Crippen LogP contribution in [0.15, 0.2) is 29.1 Å². The molecule has 0 spiro atoms. The number of rotatable bonds is 7. The first-order chi connectivity index (χ1) is 14.4. The summed E-state index contributed by atoms with van der Waals surface area (Å²) in [7, 11) is 0.